The van der Waals surface area contributed by atoms with Gasteiger partial charge in [0.05, 0.1) is 30.8 Å². The van der Waals surface area contributed by atoms with Crippen molar-refractivity contribution in [1.82, 2.24) is 56.3 Å². The Hall–Kier alpha value is -11.0. The average molecular weight is 2050 g/mol. The maximum Gasteiger partial charge on any atom is 0.142 e. The summed E-state index contributed by atoms with van der Waals surface area (Å²) in [4.78, 5) is 29.3. The first kappa shape index (κ1) is 100. The highest BCUT2D eigenvalue weighted by atomic mass is 79.9. The summed E-state index contributed by atoms with van der Waals surface area (Å²) in [6, 6.07) is 70.1. The number of aryl methyl sites for hydroxylation is 5. The number of hydrogen-bond acceptors (Lipinski definition) is 12. The Kier molecular flexibility index (Phi) is 33.7. The molecule has 18 nitrogen and oxygen atoms in total. The van der Waals surface area contributed by atoms with Gasteiger partial charge in [0.2, 0.25) is 0 Å². The van der Waals surface area contributed by atoms with Crippen molar-refractivity contribution in [2.24, 2.45) is 0 Å². The van der Waals surface area contributed by atoms with Gasteiger partial charge in [-0.3, -0.25) is 26.4 Å². The van der Waals surface area contributed by atoms with Gasteiger partial charge in [-0.2, -0.15) is 0 Å². The Morgan fingerprint density at radius 3 is 1.09 bits per heavy atom. The van der Waals surface area contributed by atoms with Gasteiger partial charge in [0, 0.05) is 111 Å². The Bertz CT molecular complexity index is 6980. The fourth-order valence-corrected chi connectivity index (χ4v) is 22.6. The Balaban J connectivity index is 0.000000112. The minimum Gasteiger partial charge on any atom is -0.367 e. The van der Waals surface area contributed by atoms with Crippen molar-refractivity contribution in [3.05, 3.63) is 294 Å². The average Bonchev–Trinajstić information content (AvgIpc) is 1.62. The molecule has 1 atom stereocenters. The van der Waals surface area contributed by atoms with Crippen molar-refractivity contribution >= 4 is 143 Å². The van der Waals surface area contributed by atoms with Crippen molar-refractivity contribution in [2.45, 2.75) is 290 Å². The molecule has 12 heterocycles. The second kappa shape index (κ2) is 47.5. The minimum atomic E-state index is 0.495. The smallest absolute Gasteiger partial charge is 0.142 e. The van der Waals surface area contributed by atoms with Crippen molar-refractivity contribution in [3.8, 4) is 56.3 Å². The minimum absolute atomic E-state index is 0.495. The van der Waals surface area contributed by atoms with Crippen molar-refractivity contribution < 1.29 is 0 Å². The zero-order valence-electron chi connectivity index (χ0n) is 82.5. The predicted molar refractivity (Wildman–Crippen MR) is 596 cm³/mol. The second-order valence-electron chi connectivity index (χ2n) is 39.5. The molecule has 0 spiro atoms. The van der Waals surface area contributed by atoms with E-state index in [1.165, 1.54) is 232 Å². The molecule has 17 aromatic rings. The number of aromatic nitrogens is 12. The van der Waals surface area contributed by atoms with E-state index in [4.69, 9.17) is 87.9 Å². The lowest BCUT2D eigenvalue weighted by molar-refractivity contribution is 0.461. The summed E-state index contributed by atoms with van der Waals surface area (Å²) in [6.07, 6.45) is 50.3. The fourth-order valence-electron chi connectivity index (χ4n) is 21.1. The van der Waals surface area contributed by atoms with E-state index in [1.807, 2.05) is 121 Å². The second-order valence-corrected chi connectivity index (χ2v) is 42.4. The Labute approximate surface area is 864 Å². The molecule has 6 fully saturated rings. The van der Waals surface area contributed by atoms with Crippen LogP contribution in [0, 0.1) is 34.6 Å². The van der Waals surface area contributed by atoms with Gasteiger partial charge in [-0.25, -0.2) is 29.9 Å². The third-order valence-corrected chi connectivity index (χ3v) is 31.6. The van der Waals surface area contributed by atoms with E-state index in [9.17, 15) is 0 Å². The molecule has 5 aromatic carbocycles. The van der Waals surface area contributed by atoms with Crippen LogP contribution in [0.2, 0.25) is 25.1 Å². The van der Waals surface area contributed by atoms with Gasteiger partial charge in [0.25, 0.3) is 0 Å². The van der Waals surface area contributed by atoms with Crippen molar-refractivity contribution in [3.63, 3.8) is 0 Å². The van der Waals surface area contributed by atoms with Crippen LogP contribution in [0.1, 0.15) is 252 Å². The SMILES string of the molecule is CCC(C)c1nc2ccccn2c1NC1CCCCC1.Cc1cc2nc(-c3ccccc3Cl)c(NC3CCCCC3)n2cc1Br.Cc1ccc2nc(-c3ccccc3Cl)c(NC3CCCCC3)n2c1.Cc1cccc2nc(-c3ccccc3Cl)c(NC3CCCCC3)n12.Cc1cccn2c(NC3CCCCC3)c(-c3ccccc3Cl)nc12.Cc1ccn2c(NC3CCCCC3)c(-c3ccccc3Cl)nc2c1. The lowest BCUT2D eigenvalue weighted by atomic mass is 9.95. The molecular weight excluding hydrogens is 1910 g/mol. The molecule has 0 saturated heterocycles. The molecule has 23 rings (SSSR count). The summed E-state index contributed by atoms with van der Waals surface area (Å²) >= 11 is 36.0. The van der Waals surface area contributed by atoms with Crippen LogP contribution in [0.5, 0.6) is 0 Å². The number of nitrogens with one attached hydrogen (secondary N) is 6. The molecule has 734 valence electrons. The van der Waals surface area contributed by atoms with E-state index in [0.29, 0.717) is 42.2 Å². The van der Waals surface area contributed by atoms with Crippen LogP contribution in [0.15, 0.2) is 236 Å². The maximum absolute atomic E-state index is 6.48. The molecule has 0 aliphatic heterocycles. The van der Waals surface area contributed by atoms with E-state index in [-0.39, 0.29) is 0 Å². The highest BCUT2D eigenvalue weighted by molar-refractivity contribution is 9.10. The number of fused-ring (bicyclic) bond motifs is 6. The van der Waals surface area contributed by atoms with Crippen LogP contribution in [0.3, 0.4) is 0 Å². The third kappa shape index (κ3) is 23.9. The number of hydrogen-bond donors (Lipinski definition) is 6. The molecule has 12 aromatic heterocycles. The lowest BCUT2D eigenvalue weighted by Crippen LogP contribution is -2.23. The van der Waals surface area contributed by atoms with E-state index >= 15 is 0 Å². The van der Waals surface area contributed by atoms with Crippen LogP contribution in [0.4, 0.5) is 34.9 Å². The number of halogens is 6. The summed E-state index contributed by atoms with van der Waals surface area (Å²) < 4.78 is 14.1. The van der Waals surface area contributed by atoms with E-state index in [1.54, 1.807) is 0 Å². The number of imidazole rings is 6. The van der Waals surface area contributed by atoms with Crippen LogP contribution >= 0.6 is 73.9 Å². The van der Waals surface area contributed by atoms with Gasteiger partial charge >= 0.3 is 0 Å². The molecule has 0 bridgehead atoms. The van der Waals surface area contributed by atoms with Crippen molar-refractivity contribution in [2.75, 3.05) is 31.9 Å². The highest BCUT2D eigenvalue weighted by Gasteiger charge is 2.30. The van der Waals surface area contributed by atoms with Gasteiger partial charge in [-0.05, 0) is 241 Å². The van der Waals surface area contributed by atoms with Crippen molar-refractivity contribution in [1.29, 1.82) is 0 Å². The molecular formula is C117H134BrCl5N18. The number of nitrogens with zero attached hydrogens (tertiary/aromatic N) is 12. The van der Waals surface area contributed by atoms with Gasteiger partial charge in [0.15, 0.2) is 0 Å². The standard InChI is InChI=1S/C20H21BrClN3.4C20H22ClN3.C17H25N3/c1-13-11-18-24-19(15-9-5-6-10-17(15)22)20(25(18)12-16(13)21)23-14-7-3-2-4-8-14;1-14-8-7-13-24-19(14)23-18(16-11-5-6-12-17(16)21)20(24)22-15-9-3-2-4-10-15;1-14-8-7-13-18-23-19(16-11-5-6-12-17(16)21)20(24(14)18)22-15-9-3-2-4-10-15;1-14-11-12-24-18(13-14)23-19(16-9-5-6-10-17(16)21)20(24)22-15-7-3-2-4-8-15;1-14-11-12-18-23-19(16-9-5-6-10-17(16)21)20(24(18)13-14)22-15-7-3-2-4-8-15;1-3-13(2)16-17(18-14-9-5-4-6-10-14)20-12-8-7-11-15(20)19-16/h5-6,9-12,14,23H,2-4,7-8H2,1H3;2*5-8,11-13,15,22H,2-4,9-10H2,1H3;2*5-6,9-13,15,22H,2-4,7-8H2,1H3;7-8,11-14,18H,3-6,9-10H2,1-2H3. The van der Waals surface area contributed by atoms with Gasteiger partial charge in [0.1, 0.15) is 97.3 Å². The Morgan fingerprint density at radius 1 is 0.298 bits per heavy atom. The molecule has 6 aliphatic rings. The summed E-state index contributed by atoms with van der Waals surface area (Å²) in [5.41, 5.74) is 22.7. The van der Waals surface area contributed by atoms with Crippen LogP contribution < -0.4 is 31.9 Å². The molecule has 0 amide bonds. The summed E-state index contributed by atoms with van der Waals surface area (Å²) in [6.45, 7) is 15.0. The van der Waals surface area contributed by atoms with Gasteiger partial charge in [-0.1, -0.05) is 303 Å². The molecule has 24 heteroatoms. The predicted octanol–water partition coefficient (Wildman–Crippen LogP) is 33.9. The molecule has 1 unspecified atom stereocenters. The summed E-state index contributed by atoms with van der Waals surface area (Å²) in [7, 11) is 0. The number of benzene rings is 5. The number of pyridine rings is 6. The zero-order chi connectivity index (χ0) is 97.4. The molecule has 6 saturated carbocycles. The van der Waals surface area contributed by atoms with Gasteiger partial charge < -0.3 is 31.9 Å². The Morgan fingerprint density at radius 2 is 0.645 bits per heavy atom. The first-order valence-corrected chi connectivity index (χ1v) is 54.4. The summed E-state index contributed by atoms with van der Waals surface area (Å²) in [5, 5.41) is 26.3. The number of rotatable bonds is 19. The normalized spacial score (nSPS) is 16.1. The van der Waals surface area contributed by atoms with Crippen LogP contribution in [-0.4, -0.2) is 92.6 Å². The quantitative estimate of drug-likeness (QED) is 0.0453. The topological polar surface area (TPSA) is 176 Å². The molecule has 6 N–H and O–H groups in total. The first-order chi connectivity index (χ1) is 68.8. The third-order valence-electron chi connectivity index (χ3n) is 29.1. The molecule has 141 heavy (non-hydrogen) atoms. The first-order valence-electron chi connectivity index (χ1n) is 51.8. The molecule has 6 aliphatic carbocycles. The zero-order valence-corrected chi connectivity index (χ0v) is 87.9. The summed E-state index contributed by atoms with van der Waals surface area (Å²) in [5.74, 6) is 7.02. The monoisotopic (exact) mass is 2040 g/mol. The molecule has 0 radical (unpaired) electrons. The van der Waals surface area contributed by atoms with E-state index in [0.717, 1.165) is 155 Å². The number of anilines is 6. The van der Waals surface area contributed by atoms with Crippen LogP contribution in [0.25, 0.3) is 90.2 Å². The van der Waals surface area contributed by atoms with Crippen LogP contribution in [-0.2, 0) is 0 Å². The lowest BCUT2D eigenvalue weighted by Gasteiger charge is -2.24. The van der Waals surface area contributed by atoms with E-state index in [2.05, 4.69) is 233 Å². The van der Waals surface area contributed by atoms with E-state index < -0.39 is 0 Å². The largest absolute Gasteiger partial charge is 0.367 e. The maximum atomic E-state index is 6.48. The fraction of sp³-hybridized carbons (Fsp3) is 0.385. The van der Waals surface area contributed by atoms with Gasteiger partial charge in [-0.15, -0.1) is 0 Å². The highest BCUT2D eigenvalue weighted by Crippen LogP contribution is 2.44.